The van der Waals surface area contributed by atoms with Gasteiger partial charge in [-0.1, -0.05) is 0 Å². The molecule has 0 spiro atoms. The van der Waals surface area contributed by atoms with E-state index in [4.69, 9.17) is 0 Å². The summed E-state index contributed by atoms with van der Waals surface area (Å²) in [5, 5.41) is 0. The van der Waals surface area contributed by atoms with E-state index in [2.05, 4.69) is 0 Å². The van der Waals surface area contributed by atoms with E-state index in [0.29, 0.717) is 0 Å². The third kappa shape index (κ3) is 20.5. The van der Waals surface area contributed by atoms with Gasteiger partial charge in [-0.05, 0) is 11.0 Å². The summed E-state index contributed by atoms with van der Waals surface area (Å²) in [6.45, 7) is 0. The van der Waals surface area contributed by atoms with Gasteiger partial charge in [-0.15, -0.1) is 81.9 Å². The van der Waals surface area contributed by atoms with Crippen LogP contribution in [0, 0.1) is 0 Å². The molecule has 0 aromatic heterocycles. The number of hydrogen-bond donors (Lipinski definition) is 0. The van der Waals surface area contributed by atoms with E-state index < -0.39 is 0 Å². The van der Waals surface area contributed by atoms with Crippen molar-refractivity contribution >= 4 is 92.9 Å². The van der Waals surface area contributed by atoms with Crippen molar-refractivity contribution in [1.82, 2.24) is 0 Å². The van der Waals surface area contributed by atoms with Crippen molar-refractivity contribution in [2.24, 2.45) is 0 Å². The third-order valence-electron chi connectivity index (χ3n) is 0. The molecule has 0 atom stereocenters. The van der Waals surface area contributed by atoms with Crippen molar-refractivity contribution in [2.45, 2.75) is 0 Å². The van der Waals surface area contributed by atoms with Crippen molar-refractivity contribution in [2.75, 3.05) is 0 Å². The molecule has 0 radical (unpaired) electrons. The van der Waals surface area contributed by atoms with Crippen molar-refractivity contribution in [1.29, 1.82) is 0 Å². The first kappa shape index (κ1) is 48.4. The first-order valence-corrected chi connectivity index (χ1v) is 0. The lowest BCUT2D eigenvalue weighted by atomic mass is 28.1. The van der Waals surface area contributed by atoms with Crippen LogP contribution < -0.4 is 0 Å². The molecule has 0 aromatic rings. The van der Waals surface area contributed by atoms with E-state index in [0.717, 1.165) is 0 Å². The minimum atomic E-state index is 0. The quantitative estimate of drug-likeness (QED) is 0.381. The van der Waals surface area contributed by atoms with Crippen LogP contribution in [0.3, 0.4) is 0 Å². The van der Waals surface area contributed by atoms with E-state index in [1.807, 2.05) is 0 Å². The first-order valence-electron chi connectivity index (χ1n) is 0. The second-order valence-corrected chi connectivity index (χ2v) is 0. The molecule has 0 bridgehead atoms. The standard InChI is InChI=1S/2BrH.2HI.H4Si/h4*1H;1H4. The van der Waals surface area contributed by atoms with E-state index in [9.17, 15) is 0 Å². The van der Waals surface area contributed by atoms with E-state index in [1.54, 1.807) is 0 Å². The molecule has 0 saturated carbocycles. The molecule has 0 nitrogen and oxygen atoms in total. The van der Waals surface area contributed by atoms with Crippen LogP contribution in [0.2, 0.25) is 0 Å². The number of hydrogen-bond acceptors (Lipinski definition) is 0. The summed E-state index contributed by atoms with van der Waals surface area (Å²) >= 11 is 0. The van der Waals surface area contributed by atoms with Gasteiger partial charge in [-0.2, -0.15) is 0 Å². The van der Waals surface area contributed by atoms with Gasteiger partial charge in [0.1, 0.15) is 0 Å². The molecule has 0 saturated heterocycles. The van der Waals surface area contributed by atoms with Gasteiger partial charge < -0.3 is 0 Å². The molecule has 0 aromatic carbocycles. The predicted octanol–water partition coefficient (Wildman–Crippen LogP) is 0.940. The van der Waals surface area contributed by atoms with Crippen LogP contribution in [0.25, 0.3) is 0 Å². The molecule has 0 N–H and O–H groups in total. The van der Waals surface area contributed by atoms with Gasteiger partial charge in [0, 0.05) is 0 Å². The Bertz CT molecular complexity index is 7.61. The minimum Gasteiger partial charge on any atom is -0.114 e. The van der Waals surface area contributed by atoms with Crippen LogP contribution in [-0.2, 0) is 0 Å². The van der Waals surface area contributed by atoms with E-state index >= 15 is 0 Å². The molecule has 0 aliphatic rings. The molecular weight excluding hydrogens is 442 g/mol. The second-order valence-electron chi connectivity index (χ2n) is 0. The van der Waals surface area contributed by atoms with E-state index in [1.165, 1.54) is 0 Å². The Hall–Kier alpha value is 2.64. The number of halogens is 4. The topological polar surface area (TPSA) is 0 Å². The fourth-order valence-electron chi connectivity index (χ4n) is 0. The van der Waals surface area contributed by atoms with Crippen LogP contribution in [0.15, 0.2) is 0 Å². The molecule has 0 fully saturated rings. The Kier molecular flexibility index (Phi) is 293. The summed E-state index contributed by atoms with van der Waals surface area (Å²) in [7, 11) is 0. The molecule has 0 aliphatic carbocycles. The van der Waals surface area contributed by atoms with Crippen molar-refractivity contribution in [3.8, 4) is 0 Å². The SMILES string of the molecule is Br.Br.I.I.[SiH4]. The summed E-state index contributed by atoms with van der Waals surface area (Å²) in [5.74, 6) is 0. The average Bonchev–Trinajstić information content (AvgIpc) is 0. The fourth-order valence-corrected chi connectivity index (χ4v) is 0. The monoisotopic (exact) mass is 448 g/mol. The zero-order valence-electron chi connectivity index (χ0n) is 1.63. The van der Waals surface area contributed by atoms with Gasteiger partial charge >= 0.3 is 0 Å². The lowest BCUT2D eigenvalue weighted by molar-refractivity contribution is 5.75. The van der Waals surface area contributed by atoms with Crippen LogP contribution in [0.4, 0.5) is 0 Å². The zero-order valence-corrected chi connectivity index (χ0v) is 9.72. The Labute approximate surface area is 91.5 Å². The van der Waals surface area contributed by atoms with Gasteiger partial charge in [0.15, 0.2) is 0 Å². The molecule has 5 heavy (non-hydrogen) atoms. The lowest BCUT2D eigenvalue weighted by Gasteiger charge is -0.115. The average molecular weight is 450 g/mol. The highest BCUT2D eigenvalue weighted by molar-refractivity contribution is 14.0. The van der Waals surface area contributed by atoms with Gasteiger partial charge in [-0.25, -0.2) is 0 Å². The zero-order chi connectivity index (χ0) is 0. The van der Waals surface area contributed by atoms with Crippen LogP contribution >= 0.6 is 81.9 Å². The first-order chi connectivity index (χ1) is 0. The maximum Gasteiger partial charge on any atom is -0.0149 e. The maximum atomic E-state index is 0. The Balaban J connectivity index is 0. The Morgan fingerprint density at radius 2 is 0.600 bits per heavy atom. The normalized spacial score (nSPS) is 0. The highest BCUT2D eigenvalue weighted by atomic mass is 127. The van der Waals surface area contributed by atoms with Gasteiger partial charge in [0.05, 0.1) is 0 Å². The molecule has 0 aliphatic heterocycles. The maximum absolute atomic E-state index is 0. The summed E-state index contributed by atoms with van der Waals surface area (Å²) in [5.41, 5.74) is 0. The van der Waals surface area contributed by atoms with Crippen LogP contribution in [0.5, 0.6) is 0 Å². The molecule has 40 valence electrons. The molecule has 5 heteroatoms. The third-order valence-corrected chi connectivity index (χ3v) is 0. The van der Waals surface area contributed by atoms with Crippen LogP contribution in [-0.4, -0.2) is 11.0 Å². The summed E-state index contributed by atoms with van der Waals surface area (Å²) in [6.07, 6.45) is 0. The highest BCUT2D eigenvalue weighted by Gasteiger charge is -0.0148. The van der Waals surface area contributed by atoms with Gasteiger partial charge in [0.25, 0.3) is 0 Å². The van der Waals surface area contributed by atoms with Crippen molar-refractivity contribution in [3.63, 3.8) is 0 Å². The minimum absolute atomic E-state index is 0. The van der Waals surface area contributed by atoms with Gasteiger partial charge in [-0.3, -0.25) is 0 Å². The molecule has 0 rings (SSSR count). The fraction of sp³-hybridized carbons (Fsp3) is 0. The lowest BCUT2D eigenvalue weighted by Crippen LogP contribution is -0.381. The molecule has 0 amide bonds. The summed E-state index contributed by atoms with van der Waals surface area (Å²) in [6, 6.07) is 0. The van der Waals surface area contributed by atoms with Crippen molar-refractivity contribution < 1.29 is 0 Å². The largest absolute Gasteiger partial charge is 0.114 e. The predicted molar refractivity (Wildman–Crippen MR) is 62.8 cm³/mol. The van der Waals surface area contributed by atoms with Gasteiger partial charge in [0.2, 0.25) is 0 Å². The number of rotatable bonds is 0. The Morgan fingerprint density at radius 1 is 0.600 bits per heavy atom. The smallest absolute Gasteiger partial charge is 0.0149 e. The van der Waals surface area contributed by atoms with E-state index in [-0.39, 0.29) is 92.9 Å². The van der Waals surface area contributed by atoms with Crippen molar-refractivity contribution in [3.05, 3.63) is 0 Å². The Morgan fingerprint density at radius 3 is 0.600 bits per heavy atom. The highest BCUT2D eigenvalue weighted by Crippen LogP contribution is 0.887. The second kappa shape index (κ2) is 30.3. The molecule has 0 unspecified atom stereocenters. The van der Waals surface area contributed by atoms with Crippen LogP contribution in [0.1, 0.15) is 0 Å². The molecular formula is H8Br2I2Si. The summed E-state index contributed by atoms with van der Waals surface area (Å²) < 4.78 is 0. The summed E-state index contributed by atoms with van der Waals surface area (Å²) in [4.78, 5) is 0. The molecule has 0 heterocycles.